The number of anilines is 1. The van der Waals surface area contributed by atoms with E-state index in [1.807, 2.05) is 6.07 Å². The fourth-order valence-electron chi connectivity index (χ4n) is 2.62. The summed E-state index contributed by atoms with van der Waals surface area (Å²) in [4.78, 5) is 2.36. The van der Waals surface area contributed by atoms with Crippen LogP contribution in [0.5, 0.6) is 0 Å². The Morgan fingerprint density at radius 3 is 2.60 bits per heavy atom. The van der Waals surface area contributed by atoms with Crippen LogP contribution in [0.3, 0.4) is 0 Å². The zero-order valence-corrected chi connectivity index (χ0v) is 13.6. The third-order valence-electron chi connectivity index (χ3n) is 3.88. The van der Waals surface area contributed by atoms with Crippen molar-refractivity contribution in [3.63, 3.8) is 0 Å². The number of aryl methyl sites for hydroxylation is 1. The minimum Gasteiger partial charge on any atom is -0.359 e. The SMILES string of the molecule is Cc1nn(-c2ccccc2)c(N(C)CC2CC2)c1CBr. The van der Waals surface area contributed by atoms with Crippen LogP contribution in [0.1, 0.15) is 24.1 Å². The molecule has 1 heterocycles. The van der Waals surface area contributed by atoms with E-state index < -0.39 is 0 Å². The molecule has 1 aliphatic carbocycles. The van der Waals surface area contributed by atoms with Crippen LogP contribution in [0.2, 0.25) is 0 Å². The lowest BCUT2D eigenvalue weighted by molar-refractivity contribution is 0.746. The van der Waals surface area contributed by atoms with Gasteiger partial charge in [0.15, 0.2) is 0 Å². The first kappa shape index (κ1) is 13.7. The summed E-state index contributed by atoms with van der Waals surface area (Å²) in [6.07, 6.45) is 2.74. The van der Waals surface area contributed by atoms with Gasteiger partial charge in [-0.1, -0.05) is 34.1 Å². The van der Waals surface area contributed by atoms with E-state index in [-0.39, 0.29) is 0 Å². The first-order valence-electron chi connectivity index (χ1n) is 7.11. The van der Waals surface area contributed by atoms with Crippen LogP contribution in [0, 0.1) is 12.8 Å². The predicted molar refractivity (Wildman–Crippen MR) is 86.9 cm³/mol. The number of rotatable bonds is 5. The molecule has 1 fully saturated rings. The van der Waals surface area contributed by atoms with Gasteiger partial charge in [0.1, 0.15) is 5.82 Å². The predicted octanol–water partition coefficient (Wildman–Crippen LogP) is 3.92. The van der Waals surface area contributed by atoms with Crippen LogP contribution in [-0.4, -0.2) is 23.4 Å². The number of nitrogens with zero attached hydrogens (tertiary/aromatic N) is 3. The smallest absolute Gasteiger partial charge is 0.136 e. The van der Waals surface area contributed by atoms with Crippen molar-refractivity contribution in [3.8, 4) is 5.69 Å². The number of benzene rings is 1. The summed E-state index contributed by atoms with van der Waals surface area (Å²) in [7, 11) is 2.18. The van der Waals surface area contributed by atoms with E-state index in [0.717, 1.165) is 29.2 Å². The highest BCUT2D eigenvalue weighted by molar-refractivity contribution is 9.08. The fraction of sp³-hybridized carbons (Fsp3) is 0.438. The van der Waals surface area contributed by atoms with E-state index >= 15 is 0 Å². The molecule has 0 radical (unpaired) electrons. The molecule has 0 spiro atoms. The van der Waals surface area contributed by atoms with Gasteiger partial charge in [-0.3, -0.25) is 0 Å². The number of halogens is 1. The number of alkyl halides is 1. The number of para-hydroxylation sites is 1. The average Bonchev–Trinajstić information content (AvgIpc) is 3.20. The molecule has 106 valence electrons. The Bertz CT molecular complexity index is 587. The molecule has 0 atom stereocenters. The maximum absolute atomic E-state index is 4.75. The highest BCUT2D eigenvalue weighted by Crippen LogP contribution is 2.34. The van der Waals surface area contributed by atoms with Gasteiger partial charge in [0.25, 0.3) is 0 Å². The monoisotopic (exact) mass is 333 g/mol. The molecule has 4 heteroatoms. The lowest BCUT2D eigenvalue weighted by atomic mass is 10.2. The zero-order valence-electron chi connectivity index (χ0n) is 12.0. The van der Waals surface area contributed by atoms with Crippen molar-refractivity contribution in [1.82, 2.24) is 9.78 Å². The summed E-state index contributed by atoms with van der Waals surface area (Å²) in [5, 5.41) is 5.59. The molecule has 3 nitrogen and oxygen atoms in total. The lowest BCUT2D eigenvalue weighted by Gasteiger charge is -2.21. The molecule has 1 aromatic heterocycles. The van der Waals surface area contributed by atoms with E-state index in [4.69, 9.17) is 5.10 Å². The van der Waals surface area contributed by atoms with Gasteiger partial charge in [-0.2, -0.15) is 5.10 Å². The van der Waals surface area contributed by atoms with E-state index in [0.29, 0.717) is 0 Å². The van der Waals surface area contributed by atoms with Crippen LogP contribution >= 0.6 is 15.9 Å². The molecule has 0 bridgehead atoms. The van der Waals surface area contributed by atoms with Gasteiger partial charge in [0.2, 0.25) is 0 Å². The molecule has 20 heavy (non-hydrogen) atoms. The minimum atomic E-state index is 0.843. The molecule has 1 aliphatic rings. The lowest BCUT2D eigenvalue weighted by Crippen LogP contribution is -2.23. The Labute approximate surface area is 128 Å². The second-order valence-electron chi connectivity index (χ2n) is 5.59. The molecule has 3 rings (SSSR count). The van der Waals surface area contributed by atoms with Gasteiger partial charge < -0.3 is 4.90 Å². The first-order valence-corrected chi connectivity index (χ1v) is 8.24. The summed E-state index contributed by atoms with van der Waals surface area (Å²) in [6.45, 7) is 3.21. The second kappa shape index (κ2) is 5.60. The van der Waals surface area contributed by atoms with Crippen molar-refractivity contribution in [2.75, 3.05) is 18.5 Å². The summed E-state index contributed by atoms with van der Waals surface area (Å²) < 4.78 is 2.08. The highest BCUT2D eigenvalue weighted by Gasteiger charge is 2.26. The second-order valence-corrected chi connectivity index (χ2v) is 6.15. The van der Waals surface area contributed by atoms with Crippen LogP contribution in [0.4, 0.5) is 5.82 Å². The summed E-state index contributed by atoms with van der Waals surface area (Å²) >= 11 is 3.62. The van der Waals surface area contributed by atoms with Crippen LogP contribution in [0.15, 0.2) is 30.3 Å². The quantitative estimate of drug-likeness (QED) is 0.773. The maximum Gasteiger partial charge on any atom is 0.136 e. The molecule has 1 aromatic carbocycles. The number of hydrogen-bond acceptors (Lipinski definition) is 2. The van der Waals surface area contributed by atoms with Crippen molar-refractivity contribution < 1.29 is 0 Å². The molecule has 1 saturated carbocycles. The Morgan fingerprint density at radius 1 is 1.30 bits per heavy atom. The molecule has 0 amide bonds. The Hall–Kier alpha value is -1.29. The Balaban J connectivity index is 2.04. The van der Waals surface area contributed by atoms with Gasteiger partial charge in [0, 0.05) is 24.5 Å². The molecule has 0 saturated heterocycles. The largest absolute Gasteiger partial charge is 0.359 e. The molecule has 2 aromatic rings. The average molecular weight is 334 g/mol. The van der Waals surface area contributed by atoms with E-state index in [1.54, 1.807) is 0 Å². The van der Waals surface area contributed by atoms with Crippen molar-refractivity contribution in [3.05, 3.63) is 41.6 Å². The van der Waals surface area contributed by atoms with Crippen molar-refractivity contribution in [2.24, 2.45) is 5.92 Å². The fourth-order valence-corrected chi connectivity index (χ4v) is 3.28. The van der Waals surface area contributed by atoms with Crippen molar-refractivity contribution in [1.29, 1.82) is 0 Å². The van der Waals surface area contributed by atoms with Crippen LogP contribution in [0.25, 0.3) is 5.69 Å². The van der Waals surface area contributed by atoms with Crippen molar-refractivity contribution in [2.45, 2.75) is 25.1 Å². The number of aromatic nitrogens is 2. The topological polar surface area (TPSA) is 21.1 Å². The summed E-state index contributed by atoms with van der Waals surface area (Å²) in [5.41, 5.74) is 3.51. The highest BCUT2D eigenvalue weighted by atomic mass is 79.9. The molecule has 0 unspecified atom stereocenters. The Morgan fingerprint density at radius 2 is 2.00 bits per heavy atom. The molecule has 0 N–H and O–H groups in total. The molecule has 0 aliphatic heterocycles. The van der Waals surface area contributed by atoms with Crippen LogP contribution in [-0.2, 0) is 5.33 Å². The van der Waals surface area contributed by atoms with Gasteiger partial charge in [0.05, 0.1) is 11.4 Å². The van der Waals surface area contributed by atoms with Gasteiger partial charge in [-0.15, -0.1) is 0 Å². The maximum atomic E-state index is 4.75. The summed E-state index contributed by atoms with van der Waals surface area (Å²) in [6, 6.07) is 10.4. The minimum absolute atomic E-state index is 0.843. The van der Waals surface area contributed by atoms with Crippen LogP contribution < -0.4 is 4.90 Å². The van der Waals surface area contributed by atoms with Gasteiger partial charge >= 0.3 is 0 Å². The van der Waals surface area contributed by atoms with E-state index in [9.17, 15) is 0 Å². The third-order valence-corrected chi connectivity index (χ3v) is 4.44. The zero-order chi connectivity index (χ0) is 14.1. The normalized spacial score (nSPS) is 14.6. The Kier molecular flexibility index (Phi) is 3.83. The van der Waals surface area contributed by atoms with Crippen molar-refractivity contribution >= 4 is 21.7 Å². The molecular formula is C16H20BrN3. The van der Waals surface area contributed by atoms with E-state index in [1.165, 1.54) is 24.2 Å². The first-order chi connectivity index (χ1) is 9.70. The number of hydrogen-bond donors (Lipinski definition) is 0. The van der Waals surface area contributed by atoms with E-state index in [2.05, 4.69) is 63.7 Å². The third kappa shape index (κ3) is 2.62. The summed E-state index contributed by atoms with van der Waals surface area (Å²) in [5.74, 6) is 2.08. The standard InChI is InChI=1S/C16H20BrN3/c1-12-15(10-17)16(19(2)11-13-8-9-13)20(18-12)14-6-4-3-5-7-14/h3-7,13H,8-11H2,1-2H3. The van der Waals surface area contributed by atoms with Gasteiger partial charge in [-0.25, -0.2) is 4.68 Å². The van der Waals surface area contributed by atoms with Gasteiger partial charge in [-0.05, 0) is 37.8 Å². The molecular weight excluding hydrogens is 314 g/mol.